The van der Waals surface area contributed by atoms with E-state index in [0.29, 0.717) is 23.1 Å². The van der Waals surface area contributed by atoms with Gasteiger partial charge in [0.25, 0.3) is 5.91 Å². The number of carbonyl (C=O) groups excluding carboxylic acids is 2. The molecule has 120 valence electrons. The molecule has 1 amide bonds. The molecule has 0 saturated heterocycles. The monoisotopic (exact) mass is 367 g/mol. The van der Waals surface area contributed by atoms with E-state index in [1.54, 1.807) is 18.2 Å². The lowest BCUT2D eigenvalue weighted by molar-refractivity contribution is -0.124. The minimum Gasteiger partial charge on any atom is -0.483 e. The second-order valence-electron chi connectivity index (χ2n) is 6.03. The molecular formula is C17H22BrNO3. The van der Waals surface area contributed by atoms with Crippen molar-refractivity contribution in [2.24, 2.45) is 11.8 Å². The first kappa shape index (κ1) is 17.0. The number of aldehydes is 1. The lowest BCUT2D eigenvalue weighted by Gasteiger charge is -2.34. The molecule has 3 atom stereocenters. The standard InChI is InChI=1S/C17H22BrNO3/c1-11-4-3-5-15(12(11)2)19-17(21)10-22-16-7-6-14(18)8-13(16)9-20/h6-9,11-12,15H,3-5,10H2,1-2H3,(H,19,21)/t11-,12+,15+/m0/s1. The maximum absolute atomic E-state index is 12.1. The third kappa shape index (κ3) is 4.32. The molecule has 0 heterocycles. The number of carbonyl (C=O) groups is 2. The summed E-state index contributed by atoms with van der Waals surface area (Å²) in [4.78, 5) is 23.1. The van der Waals surface area contributed by atoms with Crippen molar-refractivity contribution in [3.8, 4) is 5.75 Å². The van der Waals surface area contributed by atoms with E-state index in [0.717, 1.165) is 23.6 Å². The summed E-state index contributed by atoms with van der Waals surface area (Å²) in [5, 5.41) is 3.06. The zero-order valence-electron chi connectivity index (χ0n) is 13.0. The number of rotatable bonds is 5. The molecule has 1 aromatic rings. The molecule has 22 heavy (non-hydrogen) atoms. The highest BCUT2D eigenvalue weighted by molar-refractivity contribution is 9.10. The molecule has 2 rings (SSSR count). The highest BCUT2D eigenvalue weighted by Gasteiger charge is 2.28. The number of hydrogen-bond acceptors (Lipinski definition) is 3. The van der Waals surface area contributed by atoms with Gasteiger partial charge < -0.3 is 10.1 Å². The summed E-state index contributed by atoms with van der Waals surface area (Å²) in [7, 11) is 0. The summed E-state index contributed by atoms with van der Waals surface area (Å²) in [6.07, 6.45) is 4.13. The average molecular weight is 368 g/mol. The van der Waals surface area contributed by atoms with Crippen molar-refractivity contribution in [3.63, 3.8) is 0 Å². The second-order valence-corrected chi connectivity index (χ2v) is 6.95. The third-order valence-corrected chi connectivity index (χ3v) is 5.00. The molecule has 0 spiro atoms. The van der Waals surface area contributed by atoms with Crippen LogP contribution in [-0.4, -0.2) is 24.8 Å². The Balaban J connectivity index is 1.89. The predicted molar refractivity (Wildman–Crippen MR) is 89.1 cm³/mol. The van der Waals surface area contributed by atoms with E-state index in [9.17, 15) is 9.59 Å². The van der Waals surface area contributed by atoms with Gasteiger partial charge in [-0.1, -0.05) is 42.6 Å². The average Bonchev–Trinajstić information content (AvgIpc) is 2.50. The number of nitrogens with one attached hydrogen (secondary N) is 1. The van der Waals surface area contributed by atoms with Gasteiger partial charge in [-0.3, -0.25) is 9.59 Å². The van der Waals surface area contributed by atoms with Crippen LogP contribution in [-0.2, 0) is 4.79 Å². The molecule has 4 nitrogen and oxygen atoms in total. The molecule has 0 radical (unpaired) electrons. The van der Waals surface area contributed by atoms with Gasteiger partial charge in [0.05, 0.1) is 5.56 Å². The van der Waals surface area contributed by atoms with E-state index in [4.69, 9.17) is 4.74 Å². The van der Waals surface area contributed by atoms with Gasteiger partial charge in [-0.15, -0.1) is 0 Å². The number of ether oxygens (including phenoxy) is 1. The first-order valence-electron chi connectivity index (χ1n) is 7.68. The van der Waals surface area contributed by atoms with Gasteiger partial charge in [0, 0.05) is 10.5 Å². The normalized spacial score (nSPS) is 24.6. The number of benzene rings is 1. The smallest absolute Gasteiger partial charge is 0.258 e. The molecule has 1 N–H and O–H groups in total. The van der Waals surface area contributed by atoms with Crippen LogP contribution in [0.1, 0.15) is 43.5 Å². The quantitative estimate of drug-likeness (QED) is 0.809. The lowest BCUT2D eigenvalue weighted by Crippen LogP contribution is -2.45. The van der Waals surface area contributed by atoms with Gasteiger partial charge in [0.15, 0.2) is 12.9 Å². The van der Waals surface area contributed by atoms with Crippen LogP contribution in [0.3, 0.4) is 0 Å². The van der Waals surface area contributed by atoms with Crippen LogP contribution in [0.4, 0.5) is 0 Å². The molecule has 5 heteroatoms. The van der Waals surface area contributed by atoms with E-state index in [2.05, 4.69) is 35.1 Å². The zero-order valence-corrected chi connectivity index (χ0v) is 14.6. The number of halogens is 1. The molecule has 1 saturated carbocycles. The van der Waals surface area contributed by atoms with Crippen LogP contribution in [0.2, 0.25) is 0 Å². The van der Waals surface area contributed by atoms with E-state index in [1.165, 1.54) is 6.42 Å². The fourth-order valence-electron chi connectivity index (χ4n) is 2.92. The molecular weight excluding hydrogens is 346 g/mol. The zero-order chi connectivity index (χ0) is 16.1. The van der Waals surface area contributed by atoms with Crippen molar-refractivity contribution in [1.82, 2.24) is 5.32 Å². The molecule has 0 aromatic heterocycles. The van der Waals surface area contributed by atoms with Crippen molar-refractivity contribution < 1.29 is 14.3 Å². The van der Waals surface area contributed by atoms with E-state index in [1.807, 2.05) is 0 Å². The fraction of sp³-hybridized carbons (Fsp3) is 0.529. The summed E-state index contributed by atoms with van der Waals surface area (Å²) in [6.45, 7) is 4.35. The summed E-state index contributed by atoms with van der Waals surface area (Å²) < 4.78 is 6.29. The Hall–Kier alpha value is -1.36. The first-order valence-corrected chi connectivity index (χ1v) is 8.47. The van der Waals surface area contributed by atoms with Crippen LogP contribution in [0, 0.1) is 11.8 Å². The number of hydrogen-bond donors (Lipinski definition) is 1. The molecule has 0 unspecified atom stereocenters. The molecule has 0 aliphatic heterocycles. The van der Waals surface area contributed by atoms with Gasteiger partial charge in [0.1, 0.15) is 5.75 Å². The van der Waals surface area contributed by atoms with Crippen LogP contribution >= 0.6 is 15.9 Å². The minimum absolute atomic E-state index is 0.0694. The summed E-state index contributed by atoms with van der Waals surface area (Å²) in [5.74, 6) is 1.41. The Morgan fingerprint density at radius 2 is 2.18 bits per heavy atom. The van der Waals surface area contributed by atoms with Gasteiger partial charge >= 0.3 is 0 Å². The van der Waals surface area contributed by atoms with Gasteiger partial charge in [0.2, 0.25) is 0 Å². The first-order chi connectivity index (χ1) is 10.5. The van der Waals surface area contributed by atoms with Crippen molar-refractivity contribution in [1.29, 1.82) is 0 Å². The SMILES string of the molecule is C[C@@H]1[C@@H](C)CCC[C@H]1NC(=O)COc1ccc(Br)cc1C=O. The Morgan fingerprint density at radius 1 is 1.41 bits per heavy atom. The molecule has 1 fully saturated rings. The maximum Gasteiger partial charge on any atom is 0.258 e. The summed E-state index contributed by atoms with van der Waals surface area (Å²) >= 11 is 3.30. The van der Waals surface area contributed by atoms with Crippen LogP contribution in [0.25, 0.3) is 0 Å². The largest absolute Gasteiger partial charge is 0.483 e. The minimum atomic E-state index is -0.134. The predicted octanol–water partition coefficient (Wildman–Crippen LogP) is 3.58. The second kappa shape index (κ2) is 7.77. The Labute approximate surface area is 139 Å². The summed E-state index contributed by atoms with van der Waals surface area (Å²) in [6, 6.07) is 5.36. The van der Waals surface area contributed by atoms with Crippen LogP contribution < -0.4 is 10.1 Å². The van der Waals surface area contributed by atoms with E-state index in [-0.39, 0.29) is 18.6 Å². The molecule has 1 aromatic carbocycles. The fourth-order valence-corrected chi connectivity index (χ4v) is 3.30. The van der Waals surface area contributed by atoms with Gasteiger partial charge in [-0.05, 0) is 36.5 Å². The highest BCUT2D eigenvalue weighted by Crippen LogP contribution is 2.29. The molecule has 1 aliphatic carbocycles. The Bertz CT molecular complexity index is 547. The van der Waals surface area contributed by atoms with Crippen LogP contribution in [0.5, 0.6) is 5.75 Å². The van der Waals surface area contributed by atoms with E-state index >= 15 is 0 Å². The van der Waals surface area contributed by atoms with Gasteiger partial charge in [-0.2, -0.15) is 0 Å². The maximum atomic E-state index is 12.1. The highest BCUT2D eigenvalue weighted by atomic mass is 79.9. The Morgan fingerprint density at radius 3 is 2.91 bits per heavy atom. The Kier molecular flexibility index (Phi) is 6.00. The van der Waals surface area contributed by atoms with Crippen LogP contribution in [0.15, 0.2) is 22.7 Å². The lowest BCUT2D eigenvalue weighted by atomic mass is 9.78. The van der Waals surface area contributed by atoms with Crippen molar-refractivity contribution in [2.45, 2.75) is 39.2 Å². The van der Waals surface area contributed by atoms with Crippen molar-refractivity contribution in [2.75, 3.05) is 6.61 Å². The topological polar surface area (TPSA) is 55.4 Å². The van der Waals surface area contributed by atoms with Crippen molar-refractivity contribution in [3.05, 3.63) is 28.2 Å². The third-order valence-electron chi connectivity index (χ3n) is 4.51. The summed E-state index contributed by atoms with van der Waals surface area (Å²) in [5.41, 5.74) is 0.432. The molecule has 1 aliphatic rings. The number of amides is 1. The van der Waals surface area contributed by atoms with Gasteiger partial charge in [-0.25, -0.2) is 0 Å². The van der Waals surface area contributed by atoms with E-state index < -0.39 is 0 Å². The van der Waals surface area contributed by atoms with Crippen molar-refractivity contribution >= 4 is 28.1 Å². The molecule has 0 bridgehead atoms.